The lowest BCUT2D eigenvalue weighted by molar-refractivity contribution is 0.250. The Labute approximate surface area is 76.6 Å². The van der Waals surface area contributed by atoms with E-state index in [-0.39, 0.29) is 12.1 Å². The Morgan fingerprint density at radius 3 is 2.77 bits per heavy atom. The number of amides is 2. The van der Waals surface area contributed by atoms with Crippen LogP contribution in [0, 0.1) is 0 Å². The second-order valence-corrected chi connectivity index (χ2v) is 2.88. The third-order valence-electron chi connectivity index (χ3n) is 1.26. The predicted molar refractivity (Wildman–Crippen MR) is 49.3 cm³/mol. The maximum atomic E-state index is 11.2. The van der Waals surface area contributed by atoms with Crippen LogP contribution in [0.2, 0.25) is 0 Å². The number of carbonyl (C=O) groups is 1. The Balaban J connectivity index is 2.46. The van der Waals surface area contributed by atoms with Crippen LogP contribution >= 0.6 is 0 Å². The molecule has 1 aromatic rings. The molecule has 0 spiro atoms. The third-order valence-corrected chi connectivity index (χ3v) is 1.26. The average molecular weight is 180 g/mol. The molecule has 0 aliphatic heterocycles. The van der Waals surface area contributed by atoms with Crippen molar-refractivity contribution in [2.24, 2.45) is 0 Å². The first-order chi connectivity index (χ1) is 6.18. The molecule has 0 fully saturated rings. The Kier molecular flexibility index (Phi) is 3.19. The molecule has 1 heterocycles. The number of anilines is 1. The minimum Gasteiger partial charge on any atom is -0.336 e. The highest BCUT2D eigenvalue weighted by molar-refractivity contribution is 5.89. The van der Waals surface area contributed by atoms with Crippen molar-refractivity contribution >= 4 is 11.7 Å². The van der Waals surface area contributed by atoms with Crippen molar-refractivity contribution in [3.8, 4) is 0 Å². The van der Waals surface area contributed by atoms with Crippen LogP contribution in [0.5, 0.6) is 0 Å². The molecule has 0 aliphatic rings. The largest absolute Gasteiger partial charge is 0.336 e. The molecule has 1 aromatic heterocycles. The van der Waals surface area contributed by atoms with Crippen molar-refractivity contribution in [3.63, 3.8) is 0 Å². The van der Waals surface area contributed by atoms with Crippen LogP contribution in [-0.2, 0) is 0 Å². The first-order valence-corrected chi connectivity index (χ1v) is 4.02. The van der Waals surface area contributed by atoms with Crippen LogP contribution in [0.25, 0.3) is 0 Å². The van der Waals surface area contributed by atoms with Crippen molar-refractivity contribution in [2.75, 3.05) is 5.32 Å². The standard InChI is InChI=1S/C8H12N4O/c1-6(2)11-8(13)12-7-3-4-9-10-5-7/h3-6H,1-2H3,(H2,9,11,12,13). The van der Waals surface area contributed by atoms with E-state index in [4.69, 9.17) is 0 Å². The Bertz CT molecular complexity index is 273. The van der Waals surface area contributed by atoms with Gasteiger partial charge in [0.2, 0.25) is 0 Å². The van der Waals surface area contributed by atoms with E-state index in [1.165, 1.54) is 12.4 Å². The lowest BCUT2D eigenvalue weighted by Crippen LogP contribution is -2.34. The summed E-state index contributed by atoms with van der Waals surface area (Å²) < 4.78 is 0. The van der Waals surface area contributed by atoms with Gasteiger partial charge in [-0.2, -0.15) is 10.2 Å². The molecule has 5 heteroatoms. The molecule has 70 valence electrons. The van der Waals surface area contributed by atoms with Gasteiger partial charge < -0.3 is 10.6 Å². The SMILES string of the molecule is CC(C)NC(=O)Nc1ccnnc1. The van der Waals surface area contributed by atoms with Gasteiger partial charge in [-0.25, -0.2) is 4.79 Å². The van der Waals surface area contributed by atoms with Crippen LogP contribution in [0.15, 0.2) is 18.5 Å². The number of rotatable bonds is 2. The number of hydrogen-bond donors (Lipinski definition) is 2. The van der Waals surface area contributed by atoms with Crippen LogP contribution in [0.4, 0.5) is 10.5 Å². The molecular weight excluding hydrogens is 168 g/mol. The number of hydrogen-bond acceptors (Lipinski definition) is 3. The lowest BCUT2D eigenvalue weighted by atomic mass is 10.4. The van der Waals surface area contributed by atoms with Crippen molar-refractivity contribution in [1.29, 1.82) is 0 Å². The molecule has 13 heavy (non-hydrogen) atoms. The highest BCUT2D eigenvalue weighted by Crippen LogP contribution is 2.00. The Hall–Kier alpha value is -1.65. The third kappa shape index (κ3) is 3.50. The molecule has 0 saturated carbocycles. The summed E-state index contributed by atoms with van der Waals surface area (Å²) in [4.78, 5) is 11.2. The highest BCUT2D eigenvalue weighted by atomic mass is 16.2. The summed E-state index contributed by atoms with van der Waals surface area (Å²) >= 11 is 0. The van der Waals surface area contributed by atoms with E-state index in [0.29, 0.717) is 5.69 Å². The zero-order valence-electron chi connectivity index (χ0n) is 7.61. The highest BCUT2D eigenvalue weighted by Gasteiger charge is 2.01. The molecule has 0 bridgehead atoms. The molecule has 0 aromatic carbocycles. The fourth-order valence-electron chi connectivity index (χ4n) is 0.794. The molecule has 5 nitrogen and oxygen atoms in total. The van der Waals surface area contributed by atoms with Gasteiger partial charge in [-0.15, -0.1) is 0 Å². The van der Waals surface area contributed by atoms with Crippen LogP contribution in [0.3, 0.4) is 0 Å². The van der Waals surface area contributed by atoms with Crippen LogP contribution in [-0.4, -0.2) is 22.3 Å². The number of carbonyl (C=O) groups excluding carboxylic acids is 1. The summed E-state index contributed by atoms with van der Waals surface area (Å²) in [7, 11) is 0. The van der Waals surface area contributed by atoms with Gasteiger partial charge in [-0.05, 0) is 19.9 Å². The normalized spacial score (nSPS) is 9.77. The van der Waals surface area contributed by atoms with Crippen LogP contribution < -0.4 is 10.6 Å². The molecule has 1 rings (SSSR count). The number of aromatic nitrogens is 2. The summed E-state index contributed by atoms with van der Waals surface area (Å²) in [6, 6.07) is 1.56. The second kappa shape index (κ2) is 4.39. The summed E-state index contributed by atoms with van der Waals surface area (Å²) in [6.07, 6.45) is 3.00. The minimum absolute atomic E-state index is 0.120. The van der Waals surface area contributed by atoms with Crippen LogP contribution in [0.1, 0.15) is 13.8 Å². The maximum Gasteiger partial charge on any atom is 0.319 e. The molecule has 0 radical (unpaired) electrons. The monoisotopic (exact) mass is 180 g/mol. The van der Waals surface area contributed by atoms with E-state index in [1.807, 2.05) is 13.8 Å². The maximum absolute atomic E-state index is 11.2. The molecule has 0 atom stereocenters. The van der Waals surface area contributed by atoms with Gasteiger partial charge in [0.05, 0.1) is 18.1 Å². The summed E-state index contributed by atoms with van der Waals surface area (Å²) in [6.45, 7) is 3.79. The summed E-state index contributed by atoms with van der Waals surface area (Å²) in [5.41, 5.74) is 0.633. The number of nitrogens with zero attached hydrogens (tertiary/aromatic N) is 2. The first kappa shape index (κ1) is 9.44. The molecular formula is C8H12N4O. The van der Waals surface area contributed by atoms with E-state index in [9.17, 15) is 4.79 Å². The molecule has 2 amide bonds. The van der Waals surface area contributed by atoms with Gasteiger partial charge in [-0.3, -0.25) is 0 Å². The van der Waals surface area contributed by atoms with Gasteiger partial charge in [-0.1, -0.05) is 0 Å². The van der Waals surface area contributed by atoms with Gasteiger partial charge in [0, 0.05) is 6.04 Å². The Morgan fingerprint density at radius 1 is 1.46 bits per heavy atom. The topological polar surface area (TPSA) is 66.9 Å². The average Bonchev–Trinajstić information content (AvgIpc) is 2.04. The van der Waals surface area contributed by atoms with Crippen molar-refractivity contribution in [2.45, 2.75) is 19.9 Å². The minimum atomic E-state index is -0.233. The Morgan fingerprint density at radius 2 is 2.23 bits per heavy atom. The van der Waals surface area contributed by atoms with E-state index < -0.39 is 0 Å². The quantitative estimate of drug-likeness (QED) is 0.713. The smallest absolute Gasteiger partial charge is 0.319 e. The van der Waals surface area contributed by atoms with E-state index in [0.717, 1.165) is 0 Å². The van der Waals surface area contributed by atoms with E-state index in [2.05, 4.69) is 20.8 Å². The van der Waals surface area contributed by atoms with Gasteiger partial charge in [0.25, 0.3) is 0 Å². The van der Waals surface area contributed by atoms with Crippen molar-refractivity contribution < 1.29 is 4.79 Å². The zero-order chi connectivity index (χ0) is 9.68. The molecule has 0 saturated heterocycles. The van der Waals surface area contributed by atoms with Gasteiger partial charge in [0.15, 0.2) is 0 Å². The van der Waals surface area contributed by atoms with Crippen molar-refractivity contribution in [3.05, 3.63) is 18.5 Å². The first-order valence-electron chi connectivity index (χ1n) is 4.02. The fourth-order valence-corrected chi connectivity index (χ4v) is 0.794. The summed E-state index contributed by atoms with van der Waals surface area (Å²) in [5.74, 6) is 0. The predicted octanol–water partition coefficient (Wildman–Crippen LogP) is 1.01. The van der Waals surface area contributed by atoms with E-state index in [1.54, 1.807) is 6.07 Å². The van der Waals surface area contributed by atoms with Crippen molar-refractivity contribution in [1.82, 2.24) is 15.5 Å². The van der Waals surface area contributed by atoms with Gasteiger partial charge in [0.1, 0.15) is 0 Å². The molecule has 2 N–H and O–H groups in total. The number of nitrogens with one attached hydrogen (secondary N) is 2. The molecule has 0 unspecified atom stereocenters. The fraction of sp³-hybridized carbons (Fsp3) is 0.375. The van der Waals surface area contributed by atoms with Gasteiger partial charge >= 0.3 is 6.03 Å². The summed E-state index contributed by atoms with van der Waals surface area (Å²) in [5, 5.41) is 12.5. The lowest BCUT2D eigenvalue weighted by Gasteiger charge is -2.08. The molecule has 0 aliphatic carbocycles. The number of urea groups is 1. The van der Waals surface area contributed by atoms with E-state index >= 15 is 0 Å². The zero-order valence-corrected chi connectivity index (χ0v) is 7.61. The second-order valence-electron chi connectivity index (χ2n) is 2.88.